The van der Waals surface area contributed by atoms with Crippen molar-refractivity contribution in [3.8, 4) is 0 Å². The summed E-state index contributed by atoms with van der Waals surface area (Å²) in [5.74, 6) is 1.37. The molecule has 1 aliphatic heterocycles. The molecule has 0 spiro atoms. The summed E-state index contributed by atoms with van der Waals surface area (Å²) in [6, 6.07) is 0.447. The number of nitrogens with zero attached hydrogens (tertiary/aromatic N) is 2. The lowest BCUT2D eigenvalue weighted by molar-refractivity contribution is -0.143. The number of halogens is 1. The number of carbonyl (C=O) groups excluding carboxylic acids is 1. The highest BCUT2D eigenvalue weighted by Gasteiger charge is 2.23. The molecule has 0 bridgehead atoms. The molecule has 8 heteroatoms. The topological polar surface area (TPSA) is 75.2 Å². The number of ether oxygens (including phenoxy) is 2. The van der Waals surface area contributed by atoms with E-state index in [0.29, 0.717) is 25.0 Å². The Morgan fingerprint density at radius 2 is 1.79 bits per heavy atom. The van der Waals surface area contributed by atoms with E-state index in [4.69, 9.17) is 14.5 Å². The van der Waals surface area contributed by atoms with E-state index in [1.807, 2.05) is 6.92 Å². The first kappa shape index (κ1) is 28.4. The fraction of sp³-hybridized carbons (Fsp3) is 0.905. The van der Waals surface area contributed by atoms with Gasteiger partial charge in [0.2, 0.25) is 0 Å². The Hall–Kier alpha value is -0.610. The van der Waals surface area contributed by atoms with Gasteiger partial charge in [0.15, 0.2) is 5.96 Å². The summed E-state index contributed by atoms with van der Waals surface area (Å²) in [4.78, 5) is 18.7. The van der Waals surface area contributed by atoms with E-state index in [1.165, 1.54) is 0 Å². The SMILES string of the molecule is CCNC(=NCC(C(C)C)N1CCOCC1)NCCCCCCC(=O)OCC.I. The molecule has 0 amide bonds. The molecule has 2 N–H and O–H groups in total. The molecule has 0 aliphatic carbocycles. The Bertz CT molecular complexity index is 444. The first-order valence-corrected chi connectivity index (χ1v) is 11.1. The number of hydrogen-bond acceptors (Lipinski definition) is 5. The average Bonchev–Trinajstić information content (AvgIpc) is 2.68. The number of morpholine rings is 1. The number of nitrogens with one attached hydrogen (secondary N) is 2. The molecule has 1 unspecified atom stereocenters. The van der Waals surface area contributed by atoms with Crippen molar-refractivity contribution < 1.29 is 14.3 Å². The Morgan fingerprint density at radius 3 is 2.41 bits per heavy atom. The van der Waals surface area contributed by atoms with Crippen LogP contribution < -0.4 is 10.6 Å². The molecule has 1 atom stereocenters. The number of unbranched alkanes of at least 4 members (excludes halogenated alkanes) is 3. The van der Waals surface area contributed by atoms with Crippen LogP contribution in [0.4, 0.5) is 0 Å². The second kappa shape index (κ2) is 18.2. The van der Waals surface area contributed by atoms with Crippen LogP contribution >= 0.6 is 24.0 Å². The zero-order valence-electron chi connectivity index (χ0n) is 18.9. The van der Waals surface area contributed by atoms with Gasteiger partial charge in [0.25, 0.3) is 0 Å². The van der Waals surface area contributed by atoms with Crippen molar-refractivity contribution in [3.05, 3.63) is 0 Å². The van der Waals surface area contributed by atoms with Gasteiger partial charge < -0.3 is 20.1 Å². The van der Waals surface area contributed by atoms with Gasteiger partial charge >= 0.3 is 5.97 Å². The third-order valence-electron chi connectivity index (χ3n) is 4.97. The van der Waals surface area contributed by atoms with Gasteiger partial charge in [-0.1, -0.05) is 26.7 Å². The zero-order valence-corrected chi connectivity index (χ0v) is 21.2. The minimum absolute atomic E-state index is 0. The fourth-order valence-corrected chi connectivity index (χ4v) is 3.37. The van der Waals surface area contributed by atoms with Gasteiger partial charge in [-0.3, -0.25) is 14.7 Å². The van der Waals surface area contributed by atoms with Crippen molar-refractivity contribution in [1.82, 2.24) is 15.5 Å². The van der Waals surface area contributed by atoms with Crippen molar-refractivity contribution in [2.24, 2.45) is 10.9 Å². The molecular weight excluding hydrogens is 483 g/mol. The van der Waals surface area contributed by atoms with Gasteiger partial charge in [0, 0.05) is 38.6 Å². The lowest BCUT2D eigenvalue weighted by Gasteiger charge is -2.36. The summed E-state index contributed by atoms with van der Waals surface area (Å²) < 4.78 is 10.4. The molecule has 1 aliphatic rings. The number of carbonyl (C=O) groups is 1. The third kappa shape index (κ3) is 13.3. The van der Waals surface area contributed by atoms with Crippen LogP contribution in [0.25, 0.3) is 0 Å². The lowest BCUT2D eigenvalue weighted by Crippen LogP contribution is -2.48. The predicted octanol–water partition coefficient (Wildman–Crippen LogP) is 3.03. The fourth-order valence-electron chi connectivity index (χ4n) is 3.37. The molecule has 1 rings (SSSR count). The van der Waals surface area contributed by atoms with Crippen LogP contribution in [0.1, 0.15) is 59.8 Å². The van der Waals surface area contributed by atoms with Crippen molar-refractivity contribution >= 4 is 35.9 Å². The highest BCUT2D eigenvalue weighted by molar-refractivity contribution is 14.0. The van der Waals surface area contributed by atoms with Crippen LogP contribution in [0.15, 0.2) is 4.99 Å². The van der Waals surface area contributed by atoms with Crippen LogP contribution in [-0.2, 0) is 14.3 Å². The first-order valence-electron chi connectivity index (χ1n) is 11.1. The monoisotopic (exact) mass is 526 g/mol. The maximum absolute atomic E-state index is 11.3. The molecule has 0 radical (unpaired) electrons. The van der Waals surface area contributed by atoms with Gasteiger partial charge in [-0.05, 0) is 32.6 Å². The quantitative estimate of drug-likeness (QED) is 0.126. The van der Waals surface area contributed by atoms with Gasteiger partial charge in [-0.15, -0.1) is 24.0 Å². The number of hydrogen-bond donors (Lipinski definition) is 2. The van der Waals surface area contributed by atoms with Crippen molar-refractivity contribution in [1.29, 1.82) is 0 Å². The van der Waals surface area contributed by atoms with E-state index in [9.17, 15) is 4.79 Å². The van der Waals surface area contributed by atoms with Gasteiger partial charge in [0.05, 0.1) is 26.4 Å². The van der Waals surface area contributed by atoms with Gasteiger partial charge in [-0.25, -0.2) is 0 Å². The van der Waals surface area contributed by atoms with E-state index < -0.39 is 0 Å². The van der Waals surface area contributed by atoms with E-state index in [0.717, 1.165) is 77.6 Å². The van der Waals surface area contributed by atoms with Crippen LogP contribution in [0, 0.1) is 5.92 Å². The molecule has 1 heterocycles. The van der Waals surface area contributed by atoms with Crippen molar-refractivity contribution in [2.45, 2.75) is 65.8 Å². The predicted molar refractivity (Wildman–Crippen MR) is 130 cm³/mol. The molecule has 0 saturated carbocycles. The lowest BCUT2D eigenvalue weighted by atomic mass is 10.0. The molecule has 1 fully saturated rings. The van der Waals surface area contributed by atoms with Crippen molar-refractivity contribution in [2.75, 3.05) is 52.5 Å². The Labute approximate surface area is 194 Å². The summed E-state index contributed by atoms with van der Waals surface area (Å²) in [5, 5.41) is 6.79. The first-order chi connectivity index (χ1) is 13.6. The summed E-state index contributed by atoms with van der Waals surface area (Å²) in [6.07, 6.45) is 4.67. The number of guanidine groups is 1. The molecule has 0 aromatic rings. The Morgan fingerprint density at radius 1 is 1.10 bits per heavy atom. The number of rotatable bonds is 13. The van der Waals surface area contributed by atoms with Crippen LogP contribution in [0.2, 0.25) is 0 Å². The molecule has 0 aromatic heterocycles. The zero-order chi connectivity index (χ0) is 20.6. The summed E-state index contributed by atoms with van der Waals surface area (Å²) in [5.41, 5.74) is 0. The largest absolute Gasteiger partial charge is 0.466 e. The van der Waals surface area contributed by atoms with E-state index in [1.54, 1.807) is 0 Å². The van der Waals surface area contributed by atoms with E-state index in [-0.39, 0.29) is 29.9 Å². The summed E-state index contributed by atoms with van der Waals surface area (Å²) >= 11 is 0. The number of esters is 1. The standard InChI is InChI=1S/C21H42N4O3.HI/c1-5-22-21(23-12-10-8-7-9-11-20(26)28-6-2)24-17-19(18(3)4)25-13-15-27-16-14-25;/h18-19H,5-17H2,1-4H3,(H2,22,23,24);1H. The number of aliphatic imine (C=N–C) groups is 1. The molecule has 29 heavy (non-hydrogen) atoms. The minimum atomic E-state index is -0.0813. The van der Waals surface area contributed by atoms with E-state index >= 15 is 0 Å². The maximum Gasteiger partial charge on any atom is 0.305 e. The maximum atomic E-state index is 11.3. The highest BCUT2D eigenvalue weighted by atomic mass is 127. The van der Waals surface area contributed by atoms with Crippen molar-refractivity contribution in [3.63, 3.8) is 0 Å². The highest BCUT2D eigenvalue weighted by Crippen LogP contribution is 2.13. The van der Waals surface area contributed by atoms with Gasteiger partial charge in [-0.2, -0.15) is 0 Å². The van der Waals surface area contributed by atoms with Crippen LogP contribution in [-0.4, -0.2) is 75.4 Å². The molecule has 172 valence electrons. The van der Waals surface area contributed by atoms with Gasteiger partial charge in [0.1, 0.15) is 0 Å². The molecule has 0 aromatic carbocycles. The minimum Gasteiger partial charge on any atom is -0.466 e. The molecule has 7 nitrogen and oxygen atoms in total. The summed E-state index contributed by atoms with van der Waals surface area (Å²) in [7, 11) is 0. The third-order valence-corrected chi connectivity index (χ3v) is 4.97. The van der Waals surface area contributed by atoms with E-state index in [2.05, 4.69) is 36.3 Å². The Balaban J connectivity index is 0.00000784. The average molecular weight is 527 g/mol. The smallest absolute Gasteiger partial charge is 0.305 e. The summed E-state index contributed by atoms with van der Waals surface area (Å²) in [6.45, 7) is 15.1. The van der Waals surface area contributed by atoms with Crippen LogP contribution in [0.5, 0.6) is 0 Å². The molecular formula is C21H43IN4O3. The Kier molecular flexibility index (Phi) is 17.8. The van der Waals surface area contributed by atoms with Crippen LogP contribution in [0.3, 0.4) is 0 Å². The molecule has 1 saturated heterocycles. The second-order valence-electron chi connectivity index (χ2n) is 7.58. The second-order valence-corrected chi connectivity index (χ2v) is 7.58. The normalized spacial score (nSPS) is 16.2.